The zero-order valence-electron chi connectivity index (χ0n) is 18.7. The second-order valence-electron chi connectivity index (χ2n) is 8.11. The molecule has 1 unspecified atom stereocenters. The van der Waals surface area contributed by atoms with Crippen molar-refractivity contribution in [2.75, 3.05) is 31.7 Å². The lowest BCUT2D eigenvalue weighted by atomic mass is 10.0. The third-order valence-electron chi connectivity index (χ3n) is 5.72. The van der Waals surface area contributed by atoms with Crippen molar-refractivity contribution < 1.29 is 28.7 Å². The maximum Gasteiger partial charge on any atom is 0.264 e. The van der Waals surface area contributed by atoms with E-state index in [2.05, 4.69) is 10.6 Å². The molecule has 2 aliphatic heterocycles. The van der Waals surface area contributed by atoms with E-state index in [1.165, 1.54) is 0 Å². The van der Waals surface area contributed by atoms with Crippen LogP contribution in [0.3, 0.4) is 0 Å². The molecule has 0 bridgehead atoms. The van der Waals surface area contributed by atoms with Gasteiger partial charge in [-0.3, -0.25) is 29.4 Å². The smallest absolute Gasteiger partial charge is 0.264 e. The summed E-state index contributed by atoms with van der Waals surface area (Å²) in [6, 6.07) is 14.0. The van der Waals surface area contributed by atoms with Crippen LogP contribution in [0, 0.1) is 0 Å². The molecule has 9 nitrogen and oxygen atoms in total. The van der Waals surface area contributed by atoms with Crippen molar-refractivity contribution in [1.29, 1.82) is 0 Å². The number of nitrogens with zero attached hydrogens (tertiary/aromatic N) is 1. The zero-order chi connectivity index (χ0) is 23.9. The van der Waals surface area contributed by atoms with Gasteiger partial charge >= 0.3 is 0 Å². The second kappa shape index (κ2) is 11.0. The Morgan fingerprint density at radius 2 is 1.71 bits per heavy atom. The van der Waals surface area contributed by atoms with E-state index in [1.54, 1.807) is 18.2 Å². The lowest BCUT2D eigenvalue weighted by Crippen LogP contribution is -2.54. The number of rotatable bonds is 11. The van der Waals surface area contributed by atoms with Crippen LogP contribution in [0.4, 0.5) is 5.69 Å². The van der Waals surface area contributed by atoms with Gasteiger partial charge < -0.3 is 14.8 Å². The lowest BCUT2D eigenvalue weighted by molar-refractivity contribution is -0.136. The number of carbonyl (C=O) groups excluding carboxylic acids is 4. The van der Waals surface area contributed by atoms with Gasteiger partial charge in [0.1, 0.15) is 6.04 Å². The van der Waals surface area contributed by atoms with Crippen molar-refractivity contribution in [3.05, 3.63) is 65.2 Å². The molecule has 2 aromatic rings. The summed E-state index contributed by atoms with van der Waals surface area (Å²) in [5.41, 5.74) is 2.13. The Hall–Kier alpha value is -3.56. The van der Waals surface area contributed by atoms with Gasteiger partial charge in [-0.25, -0.2) is 0 Å². The highest BCUT2D eigenvalue weighted by Gasteiger charge is 2.45. The highest BCUT2D eigenvalue weighted by Crippen LogP contribution is 2.32. The third-order valence-corrected chi connectivity index (χ3v) is 5.72. The average Bonchev–Trinajstić information content (AvgIpc) is 3.09. The van der Waals surface area contributed by atoms with Gasteiger partial charge in [-0.2, -0.15) is 0 Å². The summed E-state index contributed by atoms with van der Waals surface area (Å²) in [6.45, 7) is 2.58. The van der Waals surface area contributed by atoms with E-state index >= 15 is 0 Å². The van der Waals surface area contributed by atoms with Gasteiger partial charge in [0.05, 0.1) is 24.3 Å². The SMILES string of the molecule is O=C1CCC(N2C(=O)c3cccc(NCCOCCCOCc4ccccc4)c3C2=O)C(=O)N1. The molecule has 4 amide bonds. The van der Waals surface area contributed by atoms with Crippen molar-refractivity contribution >= 4 is 29.3 Å². The number of fused-ring (bicyclic) bond motifs is 1. The Bertz CT molecular complexity index is 1070. The van der Waals surface area contributed by atoms with E-state index in [4.69, 9.17) is 9.47 Å². The lowest BCUT2D eigenvalue weighted by Gasteiger charge is -2.27. The van der Waals surface area contributed by atoms with Gasteiger partial charge in [0.25, 0.3) is 11.8 Å². The Morgan fingerprint density at radius 1 is 0.912 bits per heavy atom. The number of carbonyl (C=O) groups is 4. The molecule has 178 valence electrons. The van der Waals surface area contributed by atoms with E-state index in [0.717, 1.165) is 16.9 Å². The fraction of sp³-hybridized carbons (Fsp3) is 0.360. The molecule has 2 aromatic carbocycles. The molecule has 4 rings (SSSR count). The first-order chi connectivity index (χ1) is 16.6. The van der Waals surface area contributed by atoms with Crippen molar-refractivity contribution in [2.24, 2.45) is 0 Å². The predicted molar refractivity (Wildman–Crippen MR) is 123 cm³/mol. The van der Waals surface area contributed by atoms with Crippen LogP contribution in [0.15, 0.2) is 48.5 Å². The number of anilines is 1. The fourth-order valence-electron chi connectivity index (χ4n) is 4.05. The summed E-state index contributed by atoms with van der Waals surface area (Å²) in [5.74, 6) is -2.08. The van der Waals surface area contributed by atoms with Crippen LogP contribution in [-0.2, 0) is 25.7 Å². The minimum Gasteiger partial charge on any atom is -0.382 e. The number of ether oxygens (including phenoxy) is 2. The first-order valence-corrected chi connectivity index (χ1v) is 11.3. The molecule has 9 heteroatoms. The molecule has 2 heterocycles. The maximum atomic E-state index is 13.0. The summed E-state index contributed by atoms with van der Waals surface area (Å²) in [5, 5.41) is 5.35. The number of hydrogen-bond donors (Lipinski definition) is 2. The third kappa shape index (κ3) is 5.32. The molecule has 1 saturated heterocycles. The molecule has 1 fully saturated rings. The molecule has 1 atom stereocenters. The van der Waals surface area contributed by atoms with Crippen LogP contribution < -0.4 is 10.6 Å². The van der Waals surface area contributed by atoms with Crippen LogP contribution >= 0.6 is 0 Å². The van der Waals surface area contributed by atoms with Crippen molar-refractivity contribution in [3.63, 3.8) is 0 Å². The van der Waals surface area contributed by atoms with Gasteiger partial charge in [-0.15, -0.1) is 0 Å². The van der Waals surface area contributed by atoms with Crippen LogP contribution in [0.5, 0.6) is 0 Å². The Labute approximate surface area is 197 Å². The average molecular weight is 466 g/mol. The minimum atomic E-state index is -0.981. The molecule has 0 aromatic heterocycles. The Kier molecular flexibility index (Phi) is 7.66. The number of hydrogen-bond acceptors (Lipinski definition) is 7. The molecule has 0 radical (unpaired) electrons. The first kappa shape index (κ1) is 23.6. The molecule has 0 aliphatic carbocycles. The second-order valence-corrected chi connectivity index (χ2v) is 8.11. The minimum absolute atomic E-state index is 0.0869. The van der Waals surface area contributed by atoms with E-state index < -0.39 is 29.7 Å². The van der Waals surface area contributed by atoms with Crippen molar-refractivity contribution in [3.8, 4) is 0 Å². The van der Waals surface area contributed by atoms with Crippen LogP contribution in [0.2, 0.25) is 0 Å². The number of nitrogens with one attached hydrogen (secondary N) is 2. The topological polar surface area (TPSA) is 114 Å². The summed E-state index contributed by atoms with van der Waals surface area (Å²) in [6.07, 6.45) is 0.979. The predicted octanol–water partition coefficient (Wildman–Crippen LogP) is 2.12. The number of benzene rings is 2. The number of piperidine rings is 1. The van der Waals surface area contributed by atoms with Gasteiger partial charge in [0.2, 0.25) is 11.8 Å². The molecular weight excluding hydrogens is 438 g/mol. The number of imide groups is 2. The van der Waals surface area contributed by atoms with Crippen LogP contribution in [0.25, 0.3) is 0 Å². The van der Waals surface area contributed by atoms with E-state index in [9.17, 15) is 19.2 Å². The summed E-state index contributed by atoms with van der Waals surface area (Å²) < 4.78 is 11.3. The highest BCUT2D eigenvalue weighted by molar-refractivity contribution is 6.25. The zero-order valence-corrected chi connectivity index (χ0v) is 18.7. The highest BCUT2D eigenvalue weighted by atomic mass is 16.5. The summed E-state index contributed by atoms with van der Waals surface area (Å²) in [7, 11) is 0. The fourth-order valence-corrected chi connectivity index (χ4v) is 4.05. The Morgan fingerprint density at radius 3 is 2.50 bits per heavy atom. The largest absolute Gasteiger partial charge is 0.382 e. The molecular formula is C25H27N3O6. The maximum absolute atomic E-state index is 13.0. The summed E-state index contributed by atoms with van der Waals surface area (Å²) >= 11 is 0. The van der Waals surface area contributed by atoms with Crippen molar-refractivity contribution in [2.45, 2.75) is 31.9 Å². The Balaban J connectivity index is 1.22. The van der Waals surface area contributed by atoms with E-state index in [-0.39, 0.29) is 24.0 Å². The van der Waals surface area contributed by atoms with Crippen LogP contribution in [0.1, 0.15) is 45.5 Å². The number of amides is 4. The van der Waals surface area contributed by atoms with Gasteiger partial charge in [0, 0.05) is 31.9 Å². The molecule has 0 spiro atoms. The van der Waals surface area contributed by atoms with Gasteiger partial charge in [-0.05, 0) is 30.5 Å². The van der Waals surface area contributed by atoms with Crippen LogP contribution in [-0.4, -0.2) is 60.9 Å². The van der Waals surface area contributed by atoms with E-state index in [0.29, 0.717) is 38.7 Å². The monoisotopic (exact) mass is 465 g/mol. The molecule has 2 aliphatic rings. The molecule has 2 N–H and O–H groups in total. The van der Waals surface area contributed by atoms with Gasteiger partial charge in [0.15, 0.2) is 0 Å². The van der Waals surface area contributed by atoms with E-state index in [1.807, 2.05) is 30.3 Å². The van der Waals surface area contributed by atoms with Crippen molar-refractivity contribution in [1.82, 2.24) is 10.2 Å². The standard InChI is InChI=1S/C25H27N3O6/c29-21-11-10-20(23(30)27-21)28-24(31)18-8-4-9-19(22(18)25(28)32)26-12-15-33-13-5-14-34-16-17-6-2-1-3-7-17/h1-4,6-9,20,26H,5,10-16H2,(H,27,29,30). The molecule has 34 heavy (non-hydrogen) atoms. The molecule has 0 saturated carbocycles. The summed E-state index contributed by atoms with van der Waals surface area (Å²) in [4.78, 5) is 50.5. The van der Waals surface area contributed by atoms with Gasteiger partial charge in [-0.1, -0.05) is 36.4 Å². The first-order valence-electron chi connectivity index (χ1n) is 11.3. The normalized spacial score (nSPS) is 17.6. The quantitative estimate of drug-likeness (QED) is 0.386.